The van der Waals surface area contributed by atoms with Crippen molar-refractivity contribution in [2.45, 2.75) is 24.6 Å². The van der Waals surface area contributed by atoms with Crippen LogP contribution in [0.15, 0.2) is 24.3 Å². The van der Waals surface area contributed by atoms with E-state index in [1.165, 1.54) is 11.8 Å². The molecule has 0 bridgehead atoms. The summed E-state index contributed by atoms with van der Waals surface area (Å²) in [4.78, 5) is 11.9. The smallest absolute Gasteiger partial charge is 0.230 e. The first-order valence-corrected chi connectivity index (χ1v) is 9.97. The van der Waals surface area contributed by atoms with Crippen LogP contribution in [-0.4, -0.2) is 37.1 Å². The van der Waals surface area contributed by atoms with Crippen molar-refractivity contribution < 1.29 is 13.2 Å². The molecule has 1 fully saturated rings. The first kappa shape index (κ1) is 16.6. The molecule has 4 nitrogen and oxygen atoms in total. The predicted octanol–water partition coefficient (Wildman–Crippen LogP) is 2.27. The molecule has 1 atom stereocenters. The minimum absolute atomic E-state index is 0.0324. The second kappa shape index (κ2) is 6.58. The molecule has 2 rings (SSSR count). The van der Waals surface area contributed by atoms with Gasteiger partial charge in [-0.3, -0.25) is 4.79 Å². The highest BCUT2D eigenvalue weighted by Gasteiger charge is 2.39. The zero-order valence-electron chi connectivity index (χ0n) is 11.8. The zero-order valence-corrected chi connectivity index (χ0v) is 14.2. The van der Waals surface area contributed by atoms with E-state index in [9.17, 15) is 13.2 Å². The number of thioether (sulfide) groups is 1. The number of rotatable bonds is 5. The van der Waals surface area contributed by atoms with Crippen molar-refractivity contribution in [2.24, 2.45) is 0 Å². The first-order valence-electron chi connectivity index (χ1n) is 6.62. The van der Waals surface area contributed by atoms with Gasteiger partial charge in [0.1, 0.15) is 0 Å². The maximum Gasteiger partial charge on any atom is 0.230 e. The van der Waals surface area contributed by atoms with Crippen LogP contribution in [0.25, 0.3) is 0 Å². The van der Waals surface area contributed by atoms with E-state index in [4.69, 9.17) is 11.6 Å². The predicted molar refractivity (Wildman–Crippen MR) is 87.4 cm³/mol. The van der Waals surface area contributed by atoms with Crippen LogP contribution in [0, 0.1) is 0 Å². The highest BCUT2D eigenvalue weighted by atomic mass is 35.5. The van der Waals surface area contributed by atoms with Crippen molar-refractivity contribution in [1.29, 1.82) is 0 Å². The molecule has 0 radical (unpaired) electrons. The molecule has 21 heavy (non-hydrogen) atoms. The van der Waals surface area contributed by atoms with Crippen molar-refractivity contribution in [3.05, 3.63) is 34.9 Å². The Bertz CT molecular complexity index is 633. The molecule has 1 saturated heterocycles. The third-order valence-electron chi connectivity index (χ3n) is 3.34. The summed E-state index contributed by atoms with van der Waals surface area (Å²) in [5.74, 6) is 1.07. The van der Waals surface area contributed by atoms with Crippen LogP contribution in [-0.2, 0) is 20.4 Å². The number of sulfone groups is 1. The number of nitrogens with one attached hydrogen (secondary N) is 1. The average Bonchev–Trinajstić information content (AvgIpc) is 2.63. The molecule has 1 heterocycles. The summed E-state index contributed by atoms with van der Waals surface area (Å²) in [6, 6.07) is 7.52. The second-order valence-corrected chi connectivity index (χ2v) is 9.18. The normalized spacial score (nSPS) is 23.9. The molecule has 116 valence electrons. The van der Waals surface area contributed by atoms with Crippen LogP contribution in [0.1, 0.15) is 18.9 Å². The number of amides is 1. The minimum atomic E-state index is -3.00. The SMILES string of the molecule is CC1(NC(=O)CSCc2cccc(Cl)c2)CCS(=O)(=O)C1. The zero-order chi connectivity index (χ0) is 15.5. The van der Waals surface area contributed by atoms with Crippen molar-refractivity contribution >= 4 is 39.1 Å². The van der Waals surface area contributed by atoms with Gasteiger partial charge in [-0.1, -0.05) is 23.7 Å². The van der Waals surface area contributed by atoms with Gasteiger partial charge in [-0.25, -0.2) is 8.42 Å². The highest BCUT2D eigenvalue weighted by molar-refractivity contribution is 7.99. The van der Waals surface area contributed by atoms with E-state index in [1.54, 1.807) is 6.92 Å². The fourth-order valence-electron chi connectivity index (χ4n) is 2.37. The maximum atomic E-state index is 11.9. The Kier molecular flexibility index (Phi) is 5.22. The number of hydrogen-bond donors (Lipinski definition) is 1. The van der Waals surface area contributed by atoms with Crippen LogP contribution in [0.4, 0.5) is 0 Å². The molecule has 0 saturated carbocycles. The molecular weight excluding hydrogens is 330 g/mol. The van der Waals surface area contributed by atoms with Crippen molar-refractivity contribution in [3.63, 3.8) is 0 Å². The van der Waals surface area contributed by atoms with Crippen LogP contribution < -0.4 is 5.32 Å². The molecule has 1 aromatic carbocycles. The summed E-state index contributed by atoms with van der Waals surface area (Å²) in [5, 5.41) is 3.53. The molecule has 0 aromatic heterocycles. The number of benzene rings is 1. The molecule has 1 N–H and O–H groups in total. The van der Waals surface area contributed by atoms with Gasteiger partial charge in [-0.2, -0.15) is 0 Å². The lowest BCUT2D eigenvalue weighted by Crippen LogP contribution is -2.47. The standard InChI is InChI=1S/C14H18ClNO3S2/c1-14(5-6-21(18,19)10-14)16-13(17)9-20-8-11-3-2-4-12(15)7-11/h2-4,7H,5-6,8-10H2,1H3,(H,16,17). The quantitative estimate of drug-likeness (QED) is 0.887. The lowest BCUT2D eigenvalue weighted by molar-refractivity contribution is -0.120. The lowest BCUT2D eigenvalue weighted by atomic mass is 10.0. The van der Waals surface area contributed by atoms with Gasteiger partial charge in [0.15, 0.2) is 9.84 Å². The Hall–Kier alpha value is -0.720. The largest absolute Gasteiger partial charge is 0.349 e. The Balaban J connectivity index is 1.78. The maximum absolute atomic E-state index is 11.9. The molecule has 1 aliphatic rings. The lowest BCUT2D eigenvalue weighted by Gasteiger charge is -2.23. The molecule has 1 aromatic rings. The summed E-state index contributed by atoms with van der Waals surface area (Å²) in [7, 11) is -3.00. The molecule has 1 aliphatic heterocycles. The molecule has 1 amide bonds. The van der Waals surface area contributed by atoms with E-state index in [1.807, 2.05) is 24.3 Å². The van der Waals surface area contributed by atoms with Gasteiger partial charge in [-0.05, 0) is 31.0 Å². The van der Waals surface area contributed by atoms with Gasteiger partial charge in [0, 0.05) is 10.8 Å². The molecule has 1 unspecified atom stereocenters. The van der Waals surface area contributed by atoms with Gasteiger partial charge >= 0.3 is 0 Å². The Morgan fingerprint density at radius 2 is 2.24 bits per heavy atom. The fraction of sp³-hybridized carbons (Fsp3) is 0.500. The number of carbonyl (C=O) groups is 1. The summed E-state index contributed by atoms with van der Waals surface area (Å²) >= 11 is 7.38. The first-order chi connectivity index (χ1) is 9.78. The third kappa shape index (κ3) is 5.20. The Morgan fingerprint density at radius 3 is 2.86 bits per heavy atom. The van der Waals surface area contributed by atoms with Crippen LogP contribution >= 0.6 is 23.4 Å². The Labute approximate surface area is 134 Å². The Morgan fingerprint density at radius 1 is 1.48 bits per heavy atom. The fourth-order valence-corrected chi connectivity index (χ4v) is 5.45. The second-order valence-electron chi connectivity index (χ2n) is 5.57. The van der Waals surface area contributed by atoms with Gasteiger partial charge in [0.25, 0.3) is 0 Å². The van der Waals surface area contributed by atoms with E-state index < -0.39 is 15.4 Å². The summed E-state index contributed by atoms with van der Waals surface area (Å²) in [6.07, 6.45) is 0.486. The van der Waals surface area contributed by atoms with E-state index in [-0.39, 0.29) is 17.4 Å². The average molecular weight is 348 g/mol. The van der Waals surface area contributed by atoms with Crippen molar-refractivity contribution in [3.8, 4) is 0 Å². The summed E-state index contributed by atoms with van der Waals surface area (Å²) < 4.78 is 23.0. The number of hydrogen-bond acceptors (Lipinski definition) is 4. The van der Waals surface area contributed by atoms with Crippen LogP contribution in [0.5, 0.6) is 0 Å². The summed E-state index contributed by atoms with van der Waals surface area (Å²) in [6.45, 7) is 1.79. The van der Waals surface area contributed by atoms with Gasteiger partial charge in [-0.15, -0.1) is 11.8 Å². The third-order valence-corrected chi connectivity index (χ3v) is 6.48. The van der Waals surface area contributed by atoms with Crippen LogP contribution in [0.2, 0.25) is 5.02 Å². The van der Waals surface area contributed by atoms with E-state index in [0.717, 1.165) is 5.56 Å². The minimum Gasteiger partial charge on any atom is -0.349 e. The highest BCUT2D eigenvalue weighted by Crippen LogP contribution is 2.23. The van der Waals surface area contributed by atoms with Crippen molar-refractivity contribution in [1.82, 2.24) is 5.32 Å². The monoisotopic (exact) mass is 347 g/mol. The van der Waals surface area contributed by atoms with Crippen LogP contribution in [0.3, 0.4) is 0 Å². The van der Waals surface area contributed by atoms with E-state index in [2.05, 4.69) is 5.32 Å². The molecule has 7 heteroatoms. The summed E-state index contributed by atoms with van der Waals surface area (Å²) in [5.41, 5.74) is 0.446. The molecular formula is C14H18ClNO3S2. The molecule has 0 aliphatic carbocycles. The number of halogens is 1. The van der Waals surface area contributed by atoms with Crippen molar-refractivity contribution in [2.75, 3.05) is 17.3 Å². The topological polar surface area (TPSA) is 63.2 Å². The van der Waals surface area contributed by atoms with Gasteiger partial charge in [0.05, 0.1) is 22.8 Å². The molecule has 0 spiro atoms. The van der Waals surface area contributed by atoms with Gasteiger partial charge < -0.3 is 5.32 Å². The van der Waals surface area contributed by atoms with E-state index >= 15 is 0 Å². The number of carbonyl (C=O) groups excluding carboxylic acids is 1. The van der Waals surface area contributed by atoms with Gasteiger partial charge in [0.2, 0.25) is 5.91 Å². The van der Waals surface area contributed by atoms with E-state index in [0.29, 0.717) is 22.9 Å².